The monoisotopic (exact) mass is 276 g/mol. The maximum absolute atomic E-state index is 13.4. The van der Waals surface area contributed by atoms with Crippen LogP contribution in [-0.4, -0.2) is 22.7 Å². The average molecular weight is 276 g/mol. The number of nitrogens with zero attached hydrogens (tertiary/aromatic N) is 2. The number of ether oxygens (including phenoxy) is 1. The molecule has 1 heterocycles. The summed E-state index contributed by atoms with van der Waals surface area (Å²) in [5, 5.41) is 4.16. The molecule has 20 heavy (non-hydrogen) atoms. The molecule has 5 heteroatoms. The van der Waals surface area contributed by atoms with Gasteiger partial charge in [0.05, 0.1) is 13.3 Å². The number of halogens is 1. The highest BCUT2D eigenvalue weighted by Gasteiger charge is 2.23. The zero-order valence-electron chi connectivity index (χ0n) is 12.0. The molecule has 0 spiro atoms. The Morgan fingerprint density at radius 1 is 1.40 bits per heavy atom. The fraction of sp³-hybridized carbons (Fsp3) is 0.333. The van der Waals surface area contributed by atoms with Crippen molar-refractivity contribution in [1.82, 2.24) is 9.78 Å². The highest BCUT2D eigenvalue weighted by molar-refractivity contribution is 6.10. The lowest BCUT2D eigenvalue weighted by Crippen LogP contribution is -2.15. The van der Waals surface area contributed by atoms with Crippen LogP contribution < -0.4 is 4.74 Å². The van der Waals surface area contributed by atoms with E-state index in [9.17, 15) is 9.18 Å². The minimum atomic E-state index is -0.437. The summed E-state index contributed by atoms with van der Waals surface area (Å²) in [6.45, 7) is 5.61. The number of aromatic nitrogens is 2. The van der Waals surface area contributed by atoms with Crippen LogP contribution >= 0.6 is 0 Å². The van der Waals surface area contributed by atoms with Crippen molar-refractivity contribution in [2.45, 2.75) is 26.8 Å². The van der Waals surface area contributed by atoms with E-state index in [-0.39, 0.29) is 11.8 Å². The van der Waals surface area contributed by atoms with Gasteiger partial charge < -0.3 is 4.74 Å². The number of benzene rings is 1. The zero-order chi connectivity index (χ0) is 14.9. The van der Waals surface area contributed by atoms with E-state index < -0.39 is 5.82 Å². The second-order valence-corrected chi connectivity index (χ2v) is 4.89. The predicted octanol–water partition coefficient (Wildman–Crippen LogP) is 3.15. The van der Waals surface area contributed by atoms with Gasteiger partial charge in [-0.15, -0.1) is 0 Å². The first-order chi connectivity index (χ1) is 9.45. The van der Waals surface area contributed by atoms with E-state index in [2.05, 4.69) is 5.10 Å². The van der Waals surface area contributed by atoms with Gasteiger partial charge in [0.2, 0.25) is 5.78 Å². The van der Waals surface area contributed by atoms with Gasteiger partial charge in [-0.3, -0.25) is 9.48 Å². The van der Waals surface area contributed by atoms with Crippen LogP contribution in [-0.2, 0) is 0 Å². The second kappa shape index (κ2) is 5.45. The molecule has 0 amide bonds. The fourth-order valence-corrected chi connectivity index (χ4v) is 2.07. The third-order valence-electron chi connectivity index (χ3n) is 3.13. The number of ketones is 1. The van der Waals surface area contributed by atoms with Crippen molar-refractivity contribution in [3.8, 4) is 5.75 Å². The van der Waals surface area contributed by atoms with Crippen molar-refractivity contribution in [1.29, 1.82) is 0 Å². The number of methoxy groups -OCH3 is 1. The van der Waals surface area contributed by atoms with Crippen molar-refractivity contribution in [2.24, 2.45) is 0 Å². The lowest BCUT2D eigenvalue weighted by molar-refractivity contribution is 0.102. The van der Waals surface area contributed by atoms with Crippen molar-refractivity contribution in [3.63, 3.8) is 0 Å². The molecular formula is C15H17FN2O2. The van der Waals surface area contributed by atoms with Gasteiger partial charge in [0, 0.05) is 11.6 Å². The number of carbonyl (C=O) groups is 1. The molecule has 0 bridgehead atoms. The Morgan fingerprint density at radius 2 is 2.10 bits per heavy atom. The standard InChI is InChI=1S/C15H17FN2O2/c1-9(2)18-14(13(20-4)8-17-18)15(19)12-7-11(16)6-5-10(12)3/h5-9H,1-4H3. The summed E-state index contributed by atoms with van der Waals surface area (Å²) in [6, 6.07) is 4.18. The van der Waals surface area contributed by atoms with Gasteiger partial charge in [0.1, 0.15) is 5.82 Å². The Kier molecular flexibility index (Phi) is 3.88. The summed E-state index contributed by atoms with van der Waals surface area (Å²) in [7, 11) is 1.48. The Labute approximate surface area is 117 Å². The van der Waals surface area contributed by atoms with Crippen LogP contribution in [0.4, 0.5) is 4.39 Å². The molecule has 0 saturated carbocycles. The molecule has 2 rings (SSSR count). The lowest BCUT2D eigenvalue weighted by Gasteiger charge is -2.12. The molecule has 0 fully saturated rings. The average Bonchev–Trinajstić information content (AvgIpc) is 2.84. The van der Waals surface area contributed by atoms with Gasteiger partial charge in [-0.1, -0.05) is 6.07 Å². The Hall–Kier alpha value is -2.17. The first-order valence-electron chi connectivity index (χ1n) is 6.38. The molecule has 2 aromatic rings. The Morgan fingerprint density at radius 3 is 2.70 bits per heavy atom. The number of rotatable bonds is 4. The zero-order valence-corrected chi connectivity index (χ0v) is 12.0. The molecule has 1 aromatic carbocycles. The molecule has 0 saturated heterocycles. The molecule has 0 aliphatic heterocycles. The first-order valence-corrected chi connectivity index (χ1v) is 6.38. The molecule has 0 aliphatic carbocycles. The van der Waals surface area contributed by atoms with E-state index in [1.54, 1.807) is 17.7 Å². The third-order valence-corrected chi connectivity index (χ3v) is 3.13. The highest BCUT2D eigenvalue weighted by Crippen LogP contribution is 2.25. The van der Waals surface area contributed by atoms with Gasteiger partial charge in [-0.2, -0.15) is 5.10 Å². The molecule has 4 nitrogen and oxygen atoms in total. The van der Waals surface area contributed by atoms with Crippen molar-refractivity contribution < 1.29 is 13.9 Å². The van der Waals surface area contributed by atoms with Crippen molar-refractivity contribution in [2.75, 3.05) is 7.11 Å². The minimum Gasteiger partial charge on any atom is -0.493 e. The molecule has 0 atom stereocenters. The van der Waals surface area contributed by atoms with E-state index in [0.717, 1.165) is 5.56 Å². The SMILES string of the molecule is COc1cnn(C(C)C)c1C(=O)c1cc(F)ccc1C. The molecule has 106 valence electrons. The molecular weight excluding hydrogens is 259 g/mol. The van der Waals surface area contributed by atoms with Gasteiger partial charge in [-0.05, 0) is 38.5 Å². The van der Waals surface area contributed by atoms with Crippen LogP contribution in [0.5, 0.6) is 5.75 Å². The quantitative estimate of drug-likeness (QED) is 0.806. The summed E-state index contributed by atoms with van der Waals surface area (Å²) >= 11 is 0. The summed E-state index contributed by atoms with van der Waals surface area (Å²) in [6.07, 6.45) is 1.50. The van der Waals surface area contributed by atoms with Crippen LogP contribution in [0.15, 0.2) is 24.4 Å². The van der Waals surface area contributed by atoms with Crippen LogP contribution in [0.3, 0.4) is 0 Å². The molecule has 0 radical (unpaired) electrons. The topological polar surface area (TPSA) is 44.1 Å². The van der Waals surface area contributed by atoms with Gasteiger partial charge >= 0.3 is 0 Å². The minimum absolute atomic E-state index is 0.00622. The number of hydrogen-bond donors (Lipinski definition) is 0. The van der Waals surface area contributed by atoms with E-state index in [1.165, 1.54) is 25.4 Å². The maximum Gasteiger partial charge on any atom is 0.215 e. The summed E-state index contributed by atoms with van der Waals surface area (Å²) in [5.41, 5.74) is 1.39. The maximum atomic E-state index is 13.4. The fourth-order valence-electron chi connectivity index (χ4n) is 2.07. The van der Waals surface area contributed by atoms with Gasteiger partial charge in [0.25, 0.3) is 0 Å². The van der Waals surface area contributed by atoms with Gasteiger partial charge in [0.15, 0.2) is 11.4 Å². The van der Waals surface area contributed by atoms with E-state index in [4.69, 9.17) is 4.74 Å². The molecule has 0 aliphatic rings. The van der Waals surface area contributed by atoms with Crippen LogP contribution in [0, 0.1) is 12.7 Å². The molecule has 0 N–H and O–H groups in total. The van der Waals surface area contributed by atoms with Gasteiger partial charge in [-0.25, -0.2) is 4.39 Å². The highest BCUT2D eigenvalue weighted by atomic mass is 19.1. The smallest absolute Gasteiger partial charge is 0.215 e. The first kappa shape index (κ1) is 14.2. The van der Waals surface area contributed by atoms with E-state index >= 15 is 0 Å². The Bertz CT molecular complexity index is 647. The summed E-state index contributed by atoms with van der Waals surface area (Å²) in [5.74, 6) is -0.328. The third kappa shape index (κ3) is 2.43. The molecule has 0 unspecified atom stereocenters. The second-order valence-electron chi connectivity index (χ2n) is 4.89. The summed E-state index contributed by atoms with van der Waals surface area (Å²) < 4.78 is 20.2. The number of carbonyl (C=O) groups excluding carboxylic acids is 1. The molecule has 1 aromatic heterocycles. The van der Waals surface area contributed by atoms with E-state index in [0.29, 0.717) is 17.0 Å². The lowest BCUT2D eigenvalue weighted by atomic mass is 10.0. The van der Waals surface area contributed by atoms with Crippen molar-refractivity contribution in [3.05, 3.63) is 47.0 Å². The summed E-state index contributed by atoms with van der Waals surface area (Å²) in [4.78, 5) is 12.7. The largest absolute Gasteiger partial charge is 0.493 e. The van der Waals surface area contributed by atoms with E-state index in [1.807, 2.05) is 13.8 Å². The Balaban J connectivity index is 2.58. The van der Waals surface area contributed by atoms with Crippen LogP contribution in [0.2, 0.25) is 0 Å². The van der Waals surface area contributed by atoms with Crippen LogP contribution in [0.1, 0.15) is 41.5 Å². The number of aryl methyl sites for hydroxylation is 1. The number of hydrogen-bond acceptors (Lipinski definition) is 3. The normalized spacial score (nSPS) is 10.9. The van der Waals surface area contributed by atoms with Crippen molar-refractivity contribution >= 4 is 5.78 Å². The predicted molar refractivity (Wildman–Crippen MR) is 73.7 cm³/mol. The van der Waals surface area contributed by atoms with Crippen LogP contribution in [0.25, 0.3) is 0 Å².